The zero-order valence-electron chi connectivity index (χ0n) is 27.9. The Morgan fingerprint density at radius 3 is 2.22 bits per heavy atom. The molecule has 4 rings (SSSR count). The van der Waals surface area contributed by atoms with Crippen LogP contribution in [0.3, 0.4) is 0 Å². The van der Waals surface area contributed by atoms with E-state index < -0.39 is 35.5 Å². The van der Waals surface area contributed by atoms with Crippen LogP contribution in [-0.4, -0.2) is 81.5 Å². The van der Waals surface area contributed by atoms with Gasteiger partial charge in [-0.15, -0.1) is 0 Å². The van der Waals surface area contributed by atoms with Gasteiger partial charge in [-0.2, -0.15) is 5.10 Å². The monoisotopic (exact) mass is 639 g/mol. The Bertz CT molecular complexity index is 1360. The van der Waals surface area contributed by atoms with Gasteiger partial charge in [0.15, 0.2) is 0 Å². The van der Waals surface area contributed by atoms with E-state index in [0.717, 1.165) is 45.2 Å². The number of amides is 4. The zero-order chi connectivity index (χ0) is 33.4. The molecule has 4 amide bonds. The summed E-state index contributed by atoms with van der Waals surface area (Å²) in [5.74, 6) is -3.32. The lowest BCUT2D eigenvalue weighted by molar-refractivity contribution is -0.138. The smallest absolute Gasteiger partial charge is 0.245 e. The second kappa shape index (κ2) is 16.2. The van der Waals surface area contributed by atoms with Gasteiger partial charge in [0.25, 0.3) is 0 Å². The second-order valence-electron chi connectivity index (χ2n) is 12.8. The molecule has 11 nitrogen and oxygen atoms in total. The third-order valence-electron chi connectivity index (χ3n) is 9.49. The van der Waals surface area contributed by atoms with Gasteiger partial charge in [-0.25, -0.2) is 9.07 Å². The molecule has 0 bridgehead atoms. The minimum Gasteiger partial charge on any atom is -0.344 e. The summed E-state index contributed by atoms with van der Waals surface area (Å²) in [6.45, 7) is 12.8. The molecule has 0 unspecified atom stereocenters. The Morgan fingerprint density at radius 2 is 1.61 bits per heavy atom. The molecule has 3 atom stereocenters. The van der Waals surface area contributed by atoms with Gasteiger partial charge < -0.3 is 20.9 Å². The molecule has 1 aromatic carbocycles. The van der Waals surface area contributed by atoms with Crippen molar-refractivity contribution in [3.8, 4) is 0 Å². The minimum atomic E-state index is -0.999. The fraction of sp³-hybridized carbons (Fsp3) is 0.618. The molecule has 252 valence electrons. The van der Waals surface area contributed by atoms with Gasteiger partial charge in [0.05, 0.1) is 11.9 Å². The molecule has 1 aliphatic carbocycles. The van der Waals surface area contributed by atoms with Crippen molar-refractivity contribution < 1.29 is 23.6 Å². The van der Waals surface area contributed by atoms with Crippen molar-refractivity contribution in [2.75, 3.05) is 36.8 Å². The average Bonchev–Trinajstić information content (AvgIpc) is 3.51. The average molecular weight is 640 g/mol. The third kappa shape index (κ3) is 8.51. The highest BCUT2D eigenvalue weighted by Gasteiger charge is 2.37. The van der Waals surface area contributed by atoms with Crippen LogP contribution in [0.25, 0.3) is 0 Å². The highest BCUT2D eigenvalue weighted by molar-refractivity contribution is 6.10. The summed E-state index contributed by atoms with van der Waals surface area (Å²) in [6.07, 6.45) is 6.19. The van der Waals surface area contributed by atoms with Crippen LogP contribution in [0, 0.1) is 17.7 Å². The molecule has 3 N–H and O–H groups in total. The molecule has 1 saturated carbocycles. The van der Waals surface area contributed by atoms with Crippen molar-refractivity contribution in [1.29, 1.82) is 0 Å². The highest BCUT2D eigenvalue weighted by Crippen LogP contribution is 2.33. The van der Waals surface area contributed by atoms with Crippen LogP contribution in [0.15, 0.2) is 30.5 Å². The number of hydrogen-bond donors (Lipinski definition) is 3. The number of benzene rings is 1. The van der Waals surface area contributed by atoms with Crippen LogP contribution >= 0.6 is 0 Å². The van der Waals surface area contributed by atoms with E-state index in [0.29, 0.717) is 37.1 Å². The number of halogens is 1. The van der Waals surface area contributed by atoms with Gasteiger partial charge in [0.1, 0.15) is 23.6 Å². The molecule has 2 aliphatic rings. The highest BCUT2D eigenvalue weighted by atomic mass is 19.1. The Labute approximate surface area is 271 Å². The Morgan fingerprint density at radius 1 is 0.935 bits per heavy atom. The minimum absolute atomic E-state index is 0.0431. The summed E-state index contributed by atoms with van der Waals surface area (Å²) in [5.41, 5.74) is 0.471. The number of piperazine rings is 1. The first-order valence-corrected chi connectivity index (χ1v) is 16.8. The van der Waals surface area contributed by atoms with Crippen molar-refractivity contribution in [3.63, 3.8) is 0 Å². The van der Waals surface area contributed by atoms with Crippen molar-refractivity contribution in [3.05, 3.63) is 41.8 Å². The first kappa shape index (κ1) is 35.1. The van der Waals surface area contributed by atoms with E-state index >= 15 is 4.39 Å². The summed E-state index contributed by atoms with van der Waals surface area (Å²) >= 11 is 0. The topological polar surface area (TPSA) is 129 Å². The number of carbonyl (C=O) groups is 4. The Balaban J connectivity index is 1.50. The number of carbonyl (C=O) groups excluding carboxylic acids is 4. The predicted molar refractivity (Wildman–Crippen MR) is 176 cm³/mol. The Hall–Kier alpha value is -3.80. The summed E-state index contributed by atoms with van der Waals surface area (Å²) in [7, 11) is 0. The lowest BCUT2D eigenvalue weighted by atomic mass is 9.79. The zero-order valence-corrected chi connectivity index (χ0v) is 27.9. The fourth-order valence-electron chi connectivity index (χ4n) is 6.56. The predicted octanol–water partition coefficient (Wildman–Crippen LogP) is 4.37. The Kier molecular flexibility index (Phi) is 12.3. The van der Waals surface area contributed by atoms with E-state index in [2.05, 4.69) is 39.8 Å². The molecule has 46 heavy (non-hydrogen) atoms. The van der Waals surface area contributed by atoms with Gasteiger partial charge in [0.2, 0.25) is 23.6 Å². The SMILES string of the molecule is CCC(=O)N[C@@H](C(=O)N1CCN(C(C)C)CC1)[C@@H](C)c1ccc(NC(=O)[C@@H](C(=O)Nc2ccnn2CC)C2CCCCC2)c(F)c1. The molecule has 1 saturated heterocycles. The quantitative estimate of drug-likeness (QED) is 0.296. The summed E-state index contributed by atoms with van der Waals surface area (Å²) in [6, 6.07) is 5.62. The summed E-state index contributed by atoms with van der Waals surface area (Å²) in [4.78, 5) is 57.3. The van der Waals surface area contributed by atoms with Crippen LogP contribution < -0.4 is 16.0 Å². The molecule has 2 heterocycles. The van der Waals surface area contributed by atoms with E-state index in [1.807, 2.05) is 6.92 Å². The lowest BCUT2D eigenvalue weighted by Crippen LogP contribution is -2.57. The number of hydrogen-bond acceptors (Lipinski definition) is 6. The van der Waals surface area contributed by atoms with Gasteiger partial charge in [0, 0.05) is 57.2 Å². The largest absolute Gasteiger partial charge is 0.344 e. The number of nitrogens with one attached hydrogen (secondary N) is 3. The molecular formula is C34H50FN7O4. The summed E-state index contributed by atoms with van der Waals surface area (Å²) < 4.78 is 17.3. The van der Waals surface area contributed by atoms with Crippen LogP contribution in [0.2, 0.25) is 0 Å². The maximum atomic E-state index is 15.6. The van der Waals surface area contributed by atoms with E-state index in [-0.39, 0.29) is 29.8 Å². The van der Waals surface area contributed by atoms with Crippen molar-refractivity contribution in [2.45, 2.75) is 97.7 Å². The maximum absolute atomic E-state index is 15.6. The number of rotatable bonds is 12. The number of aromatic nitrogens is 2. The second-order valence-corrected chi connectivity index (χ2v) is 12.8. The molecule has 12 heteroatoms. The number of anilines is 2. The first-order chi connectivity index (χ1) is 22.0. The lowest BCUT2D eigenvalue weighted by Gasteiger charge is -2.39. The van der Waals surface area contributed by atoms with Crippen LogP contribution in [0.1, 0.15) is 84.6 Å². The van der Waals surface area contributed by atoms with E-state index in [4.69, 9.17) is 0 Å². The third-order valence-corrected chi connectivity index (χ3v) is 9.49. The fourth-order valence-corrected chi connectivity index (χ4v) is 6.56. The normalized spacial score (nSPS) is 18.1. The van der Waals surface area contributed by atoms with Gasteiger partial charge in [-0.3, -0.25) is 24.1 Å². The van der Waals surface area contributed by atoms with E-state index in [9.17, 15) is 19.2 Å². The number of nitrogens with zero attached hydrogens (tertiary/aromatic N) is 4. The molecule has 2 aromatic rings. The van der Waals surface area contributed by atoms with Gasteiger partial charge in [-0.1, -0.05) is 39.2 Å². The molecular weight excluding hydrogens is 589 g/mol. The van der Waals surface area contributed by atoms with E-state index in [1.54, 1.807) is 41.8 Å². The summed E-state index contributed by atoms with van der Waals surface area (Å²) in [5, 5.41) is 12.6. The van der Waals surface area contributed by atoms with Gasteiger partial charge in [-0.05, 0) is 57.2 Å². The standard InChI is InChI=1S/C34H50FN7O4/c1-6-29(43)39-31(34(46)41-19-17-40(18-20-41)22(3)4)23(5)25-13-14-27(26(35)21-25)37-32(44)30(24-11-9-8-10-12-24)33(45)38-28-15-16-36-42(28)7-2/h13-16,21-24,30-31H,6-12,17-20H2,1-5H3,(H,37,44)(H,38,45)(H,39,43)/t23-,30-,31+/m0/s1. The molecule has 0 radical (unpaired) electrons. The van der Waals surface area contributed by atoms with Crippen molar-refractivity contribution in [2.24, 2.45) is 11.8 Å². The first-order valence-electron chi connectivity index (χ1n) is 16.8. The van der Waals surface area contributed by atoms with Crippen LogP contribution in [0.4, 0.5) is 15.9 Å². The maximum Gasteiger partial charge on any atom is 0.245 e. The van der Waals surface area contributed by atoms with E-state index in [1.165, 1.54) is 12.1 Å². The van der Waals surface area contributed by atoms with Crippen molar-refractivity contribution >= 4 is 35.1 Å². The molecule has 1 aliphatic heterocycles. The molecule has 2 fully saturated rings. The van der Waals surface area contributed by atoms with Crippen molar-refractivity contribution in [1.82, 2.24) is 24.9 Å². The molecule has 0 spiro atoms. The van der Waals surface area contributed by atoms with Gasteiger partial charge >= 0.3 is 0 Å². The molecule has 1 aromatic heterocycles. The van der Waals surface area contributed by atoms with Crippen LogP contribution in [-0.2, 0) is 25.7 Å². The van der Waals surface area contributed by atoms with Crippen LogP contribution in [0.5, 0.6) is 0 Å². The number of aryl methyl sites for hydroxylation is 1.